The van der Waals surface area contributed by atoms with E-state index in [1.54, 1.807) is 6.33 Å². The molecule has 0 spiro atoms. The van der Waals surface area contributed by atoms with Gasteiger partial charge in [-0.25, -0.2) is 9.97 Å². The molecule has 0 saturated carbocycles. The third-order valence-electron chi connectivity index (χ3n) is 5.56. The van der Waals surface area contributed by atoms with E-state index in [9.17, 15) is 4.79 Å². The standard InChI is InChI=1S/C20H26N4O3/c1-26-19-13-27-16(10-18(19)25)12-23-8-4-15(5-9-23)17-11-20(22-14-21-17)24-6-2-3-7-24/h10-11,13-15H,2-9,12H2,1H3. The molecule has 2 aromatic heterocycles. The van der Waals surface area contributed by atoms with Gasteiger partial charge in [0.2, 0.25) is 11.2 Å². The van der Waals surface area contributed by atoms with Crippen molar-refractivity contribution in [2.24, 2.45) is 0 Å². The maximum Gasteiger partial charge on any atom is 0.227 e. The Morgan fingerprint density at radius 1 is 1.15 bits per heavy atom. The van der Waals surface area contributed by atoms with Crippen LogP contribution in [0.4, 0.5) is 5.82 Å². The van der Waals surface area contributed by atoms with E-state index in [1.807, 2.05) is 0 Å². The van der Waals surface area contributed by atoms with E-state index < -0.39 is 0 Å². The molecule has 0 unspecified atom stereocenters. The summed E-state index contributed by atoms with van der Waals surface area (Å²) in [4.78, 5) is 25.6. The number of nitrogens with zero attached hydrogens (tertiary/aromatic N) is 4. The van der Waals surface area contributed by atoms with Gasteiger partial charge < -0.3 is 14.1 Å². The highest BCUT2D eigenvalue weighted by Gasteiger charge is 2.24. The molecule has 4 heterocycles. The van der Waals surface area contributed by atoms with E-state index >= 15 is 0 Å². The van der Waals surface area contributed by atoms with Crippen LogP contribution in [0.3, 0.4) is 0 Å². The first-order valence-corrected chi connectivity index (χ1v) is 9.68. The van der Waals surface area contributed by atoms with Crippen molar-refractivity contribution >= 4 is 5.82 Å². The molecular formula is C20H26N4O3. The van der Waals surface area contributed by atoms with Crippen molar-refractivity contribution in [2.75, 3.05) is 38.2 Å². The zero-order valence-electron chi connectivity index (χ0n) is 15.8. The van der Waals surface area contributed by atoms with Crippen LogP contribution in [0.5, 0.6) is 5.75 Å². The van der Waals surface area contributed by atoms with Crippen LogP contribution in [-0.2, 0) is 6.54 Å². The van der Waals surface area contributed by atoms with Crippen LogP contribution in [0, 0.1) is 0 Å². The van der Waals surface area contributed by atoms with Crippen LogP contribution < -0.4 is 15.1 Å². The van der Waals surface area contributed by atoms with Crippen molar-refractivity contribution in [3.05, 3.63) is 46.4 Å². The quantitative estimate of drug-likeness (QED) is 0.800. The van der Waals surface area contributed by atoms with Gasteiger partial charge in [0.15, 0.2) is 0 Å². The lowest BCUT2D eigenvalue weighted by atomic mass is 9.93. The predicted octanol–water partition coefficient (Wildman–Crippen LogP) is 2.42. The molecule has 2 aromatic rings. The molecule has 2 aliphatic heterocycles. The summed E-state index contributed by atoms with van der Waals surface area (Å²) in [5, 5.41) is 0. The van der Waals surface area contributed by atoms with E-state index in [1.165, 1.54) is 32.3 Å². The molecule has 7 heteroatoms. The molecule has 144 valence electrons. The second-order valence-electron chi connectivity index (χ2n) is 7.32. The van der Waals surface area contributed by atoms with Crippen LogP contribution in [0.1, 0.15) is 43.1 Å². The topological polar surface area (TPSA) is 71.7 Å². The highest BCUT2D eigenvalue weighted by Crippen LogP contribution is 2.29. The van der Waals surface area contributed by atoms with Crippen molar-refractivity contribution in [1.29, 1.82) is 0 Å². The van der Waals surface area contributed by atoms with E-state index in [4.69, 9.17) is 9.15 Å². The van der Waals surface area contributed by atoms with Crippen molar-refractivity contribution in [3.8, 4) is 5.75 Å². The summed E-state index contributed by atoms with van der Waals surface area (Å²) in [6.07, 6.45) is 7.71. The zero-order chi connectivity index (χ0) is 18.6. The van der Waals surface area contributed by atoms with Crippen molar-refractivity contribution < 1.29 is 9.15 Å². The largest absolute Gasteiger partial charge is 0.490 e. The summed E-state index contributed by atoms with van der Waals surface area (Å²) in [6.45, 7) is 4.77. The normalized spacial score (nSPS) is 18.8. The van der Waals surface area contributed by atoms with Crippen LogP contribution >= 0.6 is 0 Å². The van der Waals surface area contributed by atoms with Crippen molar-refractivity contribution in [1.82, 2.24) is 14.9 Å². The minimum atomic E-state index is -0.135. The molecule has 0 bridgehead atoms. The smallest absolute Gasteiger partial charge is 0.227 e. The Labute approximate surface area is 159 Å². The first-order chi connectivity index (χ1) is 13.2. The van der Waals surface area contributed by atoms with Crippen LogP contribution in [0.15, 0.2) is 33.9 Å². The Hall–Kier alpha value is -2.41. The van der Waals surface area contributed by atoms with Gasteiger partial charge in [0.25, 0.3) is 0 Å². The predicted molar refractivity (Wildman–Crippen MR) is 102 cm³/mol. The van der Waals surface area contributed by atoms with E-state index in [0.717, 1.165) is 50.5 Å². The number of rotatable bonds is 5. The zero-order valence-corrected chi connectivity index (χ0v) is 15.8. The fraction of sp³-hybridized carbons (Fsp3) is 0.550. The van der Waals surface area contributed by atoms with Crippen LogP contribution in [0.25, 0.3) is 0 Å². The average Bonchev–Trinajstić information content (AvgIpc) is 3.24. The second kappa shape index (κ2) is 8.08. The number of ether oxygens (including phenoxy) is 1. The third kappa shape index (κ3) is 4.13. The molecular weight excluding hydrogens is 344 g/mol. The Bertz CT molecular complexity index is 824. The lowest BCUT2D eigenvalue weighted by Crippen LogP contribution is -2.33. The van der Waals surface area contributed by atoms with Gasteiger partial charge in [-0.2, -0.15) is 0 Å². The summed E-state index contributed by atoms with van der Waals surface area (Å²) in [6, 6.07) is 3.70. The van der Waals surface area contributed by atoms with Gasteiger partial charge in [-0.1, -0.05) is 0 Å². The van der Waals surface area contributed by atoms with E-state index in [0.29, 0.717) is 18.2 Å². The molecule has 4 rings (SSSR count). The molecule has 0 aromatic carbocycles. The Kier molecular flexibility index (Phi) is 5.38. The molecule has 7 nitrogen and oxygen atoms in total. The minimum absolute atomic E-state index is 0.135. The number of likely N-dealkylation sites (tertiary alicyclic amines) is 1. The van der Waals surface area contributed by atoms with Crippen molar-refractivity contribution in [3.63, 3.8) is 0 Å². The number of methoxy groups -OCH3 is 1. The maximum absolute atomic E-state index is 11.9. The van der Waals surface area contributed by atoms with E-state index in [2.05, 4.69) is 25.8 Å². The van der Waals surface area contributed by atoms with Gasteiger partial charge in [0, 0.05) is 36.8 Å². The Morgan fingerprint density at radius 2 is 1.93 bits per heavy atom. The van der Waals surface area contributed by atoms with Gasteiger partial charge in [0.1, 0.15) is 24.2 Å². The number of hydrogen-bond donors (Lipinski definition) is 0. The van der Waals surface area contributed by atoms with Gasteiger partial charge in [-0.3, -0.25) is 9.69 Å². The first-order valence-electron chi connectivity index (χ1n) is 9.68. The Balaban J connectivity index is 1.35. The minimum Gasteiger partial charge on any atom is -0.490 e. The van der Waals surface area contributed by atoms with Gasteiger partial charge >= 0.3 is 0 Å². The van der Waals surface area contributed by atoms with Crippen LogP contribution in [-0.4, -0.2) is 48.2 Å². The molecule has 0 radical (unpaired) electrons. The third-order valence-corrected chi connectivity index (χ3v) is 5.56. The van der Waals surface area contributed by atoms with Crippen molar-refractivity contribution in [2.45, 2.75) is 38.1 Å². The summed E-state index contributed by atoms with van der Waals surface area (Å²) < 4.78 is 10.5. The molecule has 2 saturated heterocycles. The molecule has 2 fully saturated rings. The summed E-state index contributed by atoms with van der Waals surface area (Å²) in [5.74, 6) is 2.46. The number of anilines is 1. The fourth-order valence-corrected chi connectivity index (χ4v) is 3.98. The average molecular weight is 370 g/mol. The molecule has 0 aliphatic carbocycles. The lowest BCUT2D eigenvalue weighted by molar-refractivity contribution is 0.187. The highest BCUT2D eigenvalue weighted by atomic mass is 16.5. The number of hydrogen-bond acceptors (Lipinski definition) is 7. The first kappa shape index (κ1) is 18.0. The molecule has 0 N–H and O–H groups in total. The Morgan fingerprint density at radius 3 is 2.63 bits per heavy atom. The van der Waals surface area contributed by atoms with E-state index in [-0.39, 0.29) is 11.2 Å². The maximum atomic E-state index is 11.9. The van der Waals surface area contributed by atoms with Crippen LogP contribution in [0.2, 0.25) is 0 Å². The fourth-order valence-electron chi connectivity index (χ4n) is 3.98. The second-order valence-corrected chi connectivity index (χ2v) is 7.32. The molecule has 0 amide bonds. The molecule has 0 atom stereocenters. The highest BCUT2D eigenvalue weighted by molar-refractivity contribution is 5.40. The summed E-state index contributed by atoms with van der Waals surface area (Å²) >= 11 is 0. The SMILES string of the molecule is COc1coc(CN2CCC(c3cc(N4CCCC4)ncn3)CC2)cc1=O. The summed E-state index contributed by atoms with van der Waals surface area (Å²) in [5.41, 5.74) is 1.02. The molecule has 2 aliphatic rings. The number of piperidine rings is 1. The number of aromatic nitrogens is 2. The van der Waals surface area contributed by atoms with Gasteiger partial charge in [0.05, 0.1) is 13.7 Å². The van der Waals surface area contributed by atoms with Gasteiger partial charge in [-0.15, -0.1) is 0 Å². The van der Waals surface area contributed by atoms with Gasteiger partial charge in [-0.05, 0) is 38.8 Å². The lowest BCUT2D eigenvalue weighted by Gasteiger charge is -2.31. The molecule has 27 heavy (non-hydrogen) atoms. The summed E-state index contributed by atoms with van der Waals surface area (Å²) in [7, 11) is 1.47. The monoisotopic (exact) mass is 370 g/mol.